The lowest BCUT2D eigenvalue weighted by Crippen LogP contribution is -2.25. The molecule has 0 heterocycles. The molecule has 0 bridgehead atoms. The number of hydrogen-bond donors (Lipinski definition) is 1. The van der Waals surface area contributed by atoms with Crippen molar-refractivity contribution in [2.75, 3.05) is 13.2 Å². The SMILES string of the molecule is C[C@@H](COCc1ccccc1)C(=O)CC(O)COCc1ccccc1. The van der Waals surface area contributed by atoms with Crippen LogP contribution in [0.1, 0.15) is 24.5 Å². The van der Waals surface area contributed by atoms with Crippen LogP contribution in [0.2, 0.25) is 0 Å². The Morgan fingerprint density at radius 1 is 0.880 bits per heavy atom. The van der Waals surface area contributed by atoms with Gasteiger partial charge in [0.05, 0.1) is 32.5 Å². The van der Waals surface area contributed by atoms with Crippen LogP contribution in [0.15, 0.2) is 60.7 Å². The maximum Gasteiger partial charge on any atom is 0.140 e. The summed E-state index contributed by atoms with van der Waals surface area (Å²) in [5.41, 5.74) is 2.13. The molecule has 0 saturated heterocycles. The molecule has 0 radical (unpaired) electrons. The Morgan fingerprint density at radius 3 is 1.88 bits per heavy atom. The molecule has 134 valence electrons. The third-order valence-electron chi connectivity index (χ3n) is 3.89. The molecule has 2 atom stereocenters. The summed E-state index contributed by atoms with van der Waals surface area (Å²) in [6.45, 7) is 3.25. The monoisotopic (exact) mass is 342 g/mol. The van der Waals surface area contributed by atoms with Crippen LogP contribution in [0.3, 0.4) is 0 Å². The van der Waals surface area contributed by atoms with Crippen molar-refractivity contribution < 1.29 is 19.4 Å². The second-order valence-corrected chi connectivity index (χ2v) is 6.23. The van der Waals surface area contributed by atoms with E-state index in [9.17, 15) is 9.90 Å². The molecular formula is C21H26O4. The van der Waals surface area contributed by atoms with Crippen molar-refractivity contribution in [1.82, 2.24) is 0 Å². The van der Waals surface area contributed by atoms with Gasteiger partial charge >= 0.3 is 0 Å². The number of benzene rings is 2. The zero-order valence-corrected chi connectivity index (χ0v) is 14.6. The van der Waals surface area contributed by atoms with Crippen molar-refractivity contribution >= 4 is 5.78 Å². The van der Waals surface area contributed by atoms with Crippen molar-refractivity contribution in [2.24, 2.45) is 5.92 Å². The number of Topliss-reactive ketones (excluding diaryl/α,β-unsaturated/α-hetero) is 1. The quantitative estimate of drug-likeness (QED) is 0.680. The molecule has 0 aliphatic heterocycles. The highest BCUT2D eigenvalue weighted by molar-refractivity contribution is 5.81. The molecule has 1 unspecified atom stereocenters. The van der Waals surface area contributed by atoms with E-state index in [0.29, 0.717) is 19.8 Å². The summed E-state index contributed by atoms with van der Waals surface area (Å²) in [4.78, 5) is 12.1. The van der Waals surface area contributed by atoms with Crippen LogP contribution in [0.25, 0.3) is 0 Å². The van der Waals surface area contributed by atoms with Crippen molar-refractivity contribution in [2.45, 2.75) is 32.7 Å². The van der Waals surface area contributed by atoms with Crippen LogP contribution in [0.4, 0.5) is 0 Å². The number of rotatable bonds is 11. The zero-order chi connectivity index (χ0) is 17.9. The lowest BCUT2D eigenvalue weighted by Gasteiger charge is -2.15. The summed E-state index contributed by atoms with van der Waals surface area (Å²) in [6.07, 6.45) is -0.697. The summed E-state index contributed by atoms with van der Waals surface area (Å²) >= 11 is 0. The lowest BCUT2D eigenvalue weighted by atomic mass is 10.0. The number of aliphatic hydroxyl groups is 1. The Hall–Kier alpha value is -2.01. The van der Waals surface area contributed by atoms with Gasteiger partial charge in [0.2, 0.25) is 0 Å². The minimum atomic E-state index is -0.784. The van der Waals surface area contributed by atoms with Crippen LogP contribution in [0.5, 0.6) is 0 Å². The predicted molar refractivity (Wildman–Crippen MR) is 97.0 cm³/mol. The van der Waals surface area contributed by atoms with Gasteiger partial charge in [-0.3, -0.25) is 4.79 Å². The Bertz CT molecular complexity index is 612. The average molecular weight is 342 g/mol. The third-order valence-corrected chi connectivity index (χ3v) is 3.89. The van der Waals surface area contributed by atoms with Crippen molar-refractivity contribution in [3.8, 4) is 0 Å². The fourth-order valence-electron chi connectivity index (χ4n) is 2.40. The van der Waals surface area contributed by atoms with E-state index < -0.39 is 6.10 Å². The van der Waals surface area contributed by atoms with Gasteiger partial charge in [0.15, 0.2) is 0 Å². The first-order valence-corrected chi connectivity index (χ1v) is 8.59. The summed E-state index contributed by atoms with van der Waals surface area (Å²) in [6, 6.07) is 19.6. The topological polar surface area (TPSA) is 55.8 Å². The minimum absolute atomic E-state index is 0.0103. The molecule has 1 N–H and O–H groups in total. The first kappa shape index (κ1) is 19.3. The Labute approximate surface area is 149 Å². The number of carbonyl (C=O) groups is 1. The molecule has 0 fully saturated rings. The fraction of sp³-hybridized carbons (Fsp3) is 0.381. The summed E-state index contributed by atoms with van der Waals surface area (Å²) < 4.78 is 11.1. The van der Waals surface area contributed by atoms with E-state index in [0.717, 1.165) is 11.1 Å². The van der Waals surface area contributed by atoms with E-state index in [1.165, 1.54) is 0 Å². The summed E-state index contributed by atoms with van der Waals surface area (Å²) in [5.74, 6) is -0.253. The third kappa shape index (κ3) is 7.61. The molecule has 2 aromatic carbocycles. The van der Waals surface area contributed by atoms with E-state index in [2.05, 4.69) is 0 Å². The van der Waals surface area contributed by atoms with E-state index in [-0.39, 0.29) is 24.7 Å². The first-order chi connectivity index (χ1) is 12.1. The number of hydrogen-bond acceptors (Lipinski definition) is 4. The fourth-order valence-corrected chi connectivity index (χ4v) is 2.40. The Balaban J connectivity index is 1.60. The largest absolute Gasteiger partial charge is 0.390 e. The number of carbonyl (C=O) groups excluding carboxylic acids is 1. The molecular weight excluding hydrogens is 316 g/mol. The molecule has 0 aromatic heterocycles. The molecule has 0 saturated carbocycles. The van der Waals surface area contributed by atoms with Gasteiger partial charge in [-0.05, 0) is 11.1 Å². The van der Waals surface area contributed by atoms with Crippen LogP contribution in [-0.4, -0.2) is 30.2 Å². The minimum Gasteiger partial charge on any atom is -0.390 e. The number of ether oxygens (including phenoxy) is 2. The normalized spacial score (nSPS) is 13.4. The summed E-state index contributed by atoms with van der Waals surface area (Å²) in [5, 5.41) is 9.96. The van der Waals surface area contributed by atoms with Gasteiger partial charge < -0.3 is 14.6 Å². The van der Waals surface area contributed by atoms with E-state index in [1.54, 1.807) is 0 Å². The zero-order valence-electron chi connectivity index (χ0n) is 14.6. The van der Waals surface area contributed by atoms with Gasteiger partial charge in [-0.15, -0.1) is 0 Å². The molecule has 2 rings (SSSR count). The number of aliphatic hydroxyl groups excluding tert-OH is 1. The molecule has 0 aliphatic carbocycles. The standard InChI is InChI=1S/C21H26O4/c1-17(13-24-14-18-8-4-2-5-9-18)21(23)12-20(22)16-25-15-19-10-6-3-7-11-19/h2-11,17,20,22H,12-16H2,1H3/t17-,20?/m0/s1. The second kappa shape index (κ2) is 10.8. The molecule has 0 amide bonds. The highest BCUT2D eigenvalue weighted by atomic mass is 16.5. The van der Waals surface area contributed by atoms with Crippen molar-refractivity contribution in [1.29, 1.82) is 0 Å². The number of ketones is 1. The second-order valence-electron chi connectivity index (χ2n) is 6.23. The molecule has 0 spiro atoms. The first-order valence-electron chi connectivity index (χ1n) is 8.59. The van der Waals surface area contributed by atoms with Crippen molar-refractivity contribution in [3.63, 3.8) is 0 Å². The highest BCUT2D eigenvalue weighted by Crippen LogP contribution is 2.08. The van der Waals surface area contributed by atoms with Gasteiger partial charge in [-0.2, -0.15) is 0 Å². The molecule has 0 aliphatic rings. The van der Waals surface area contributed by atoms with E-state index in [4.69, 9.17) is 9.47 Å². The highest BCUT2D eigenvalue weighted by Gasteiger charge is 2.17. The van der Waals surface area contributed by atoms with Gasteiger partial charge in [0, 0.05) is 12.3 Å². The summed E-state index contributed by atoms with van der Waals surface area (Å²) in [7, 11) is 0. The lowest BCUT2D eigenvalue weighted by molar-refractivity contribution is -0.127. The van der Waals surface area contributed by atoms with Gasteiger partial charge in [0.1, 0.15) is 5.78 Å². The average Bonchev–Trinajstić information content (AvgIpc) is 2.63. The Kier molecular flexibility index (Phi) is 8.32. The van der Waals surface area contributed by atoms with Gasteiger partial charge in [0.25, 0.3) is 0 Å². The van der Waals surface area contributed by atoms with Crippen LogP contribution >= 0.6 is 0 Å². The van der Waals surface area contributed by atoms with Crippen molar-refractivity contribution in [3.05, 3.63) is 71.8 Å². The molecule has 25 heavy (non-hydrogen) atoms. The molecule has 4 nitrogen and oxygen atoms in total. The molecule has 4 heteroatoms. The van der Waals surface area contributed by atoms with Gasteiger partial charge in [-0.25, -0.2) is 0 Å². The van der Waals surface area contributed by atoms with Crippen LogP contribution < -0.4 is 0 Å². The Morgan fingerprint density at radius 2 is 1.36 bits per heavy atom. The predicted octanol–water partition coefficient (Wildman–Crippen LogP) is 3.38. The van der Waals surface area contributed by atoms with Crippen LogP contribution in [-0.2, 0) is 27.5 Å². The van der Waals surface area contributed by atoms with Crippen LogP contribution in [0, 0.1) is 5.92 Å². The molecule has 2 aromatic rings. The maximum absolute atomic E-state index is 12.1. The maximum atomic E-state index is 12.1. The van der Waals surface area contributed by atoms with E-state index in [1.807, 2.05) is 67.6 Å². The van der Waals surface area contributed by atoms with Gasteiger partial charge in [-0.1, -0.05) is 67.6 Å². The smallest absolute Gasteiger partial charge is 0.140 e. The van der Waals surface area contributed by atoms with E-state index >= 15 is 0 Å².